The molecule has 0 spiro atoms. The monoisotopic (exact) mass is 438 g/mol. The van der Waals surface area contributed by atoms with Gasteiger partial charge in [0, 0.05) is 0 Å². The van der Waals surface area contributed by atoms with Crippen molar-refractivity contribution in [3.8, 4) is 17.2 Å². The molecule has 3 aromatic carbocycles. The zero-order valence-corrected chi connectivity index (χ0v) is 19.3. The van der Waals surface area contributed by atoms with Crippen molar-refractivity contribution in [1.82, 2.24) is 0 Å². The van der Waals surface area contributed by atoms with Crippen LogP contribution in [0.1, 0.15) is 13.8 Å². The molecule has 3 rings (SSSR count). The van der Waals surface area contributed by atoms with Gasteiger partial charge in [-0.25, -0.2) is 0 Å². The van der Waals surface area contributed by atoms with E-state index >= 15 is 0 Å². The van der Waals surface area contributed by atoms with Crippen LogP contribution in [0.15, 0.2) is 72.8 Å². The fourth-order valence-electron chi connectivity index (χ4n) is 4.28. The number of hydrogen-bond donors (Lipinski definition) is 0. The molecule has 3 aromatic rings. The number of methoxy groups -OCH3 is 3. The zero-order chi connectivity index (χ0) is 20.1. The SMILES string of the molecule is COc1cccc[c]1[Ge]([c]1ccccc1OC)([c]1ccccc1OC)[CH](C)C. The first-order valence-electron chi connectivity index (χ1n) is 9.51. The van der Waals surface area contributed by atoms with Crippen LogP contribution in [-0.4, -0.2) is 34.6 Å². The molecule has 0 heterocycles. The van der Waals surface area contributed by atoms with Crippen molar-refractivity contribution in [2.24, 2.45) is 0 Å². The summed E-state index contributed by atoms with van der Waals surface area (Å²) in [6.07, 6.45) is 0. The van der Waals surface area contributed by atoms with Crippen molar-refractivity contribution < 1.29 is 14.2 Å². The molecule has 0 N–H and O–H groups in total. The summed E-state index contributed by atoms with van der Waals surface area (Å²) in [6.45, 7) is 4.62. The zero-order valence-electron chi connectivity index (χ0n) is 17.2. The molecule has 0 aliphatic rings. The molecule has 28 heavy (non-hydrogen) atoms. The molecule has 0 unspecified atom stereocenters. The molecule has 0 aliphatic heterocycles. The van der Waals surface area contributed by atoms with Crippen LogP contribution in [0.3, 0.4) is 0 Å². The Hall–Kier alpha value is -2.40. The van der Waals surface area contributed by atoms with Gasteiger partial charge in [0.2, 0.25) is 0 Å². The van der Waals surface area contributed by atoms with Crippen LogP contribution in [0.5, 0.6) is 17.2 Å². The minimum atomic E-state index is -3.29. The molecule has 0 aromatic heterocycles. The van der Waals surface area contributed by atoms with E-state index in [9.17, 15) is 0 Å². The molecule has 4 heteroatoms. The number of para-hydroxylation sites is 3. The van der Waals surface area contributed by atoms with Gasteiger partial charge in [-0.15, -0.1) is 0 Å². The summed E-state index contributed by atoms with van der Waals surface area (Å²) in [5.41, 5.74) is 0. The Kier molecular flexibility index (Phi) is 6.35. The Balaban J connectivity index is 2.52. The van der Waals surface area contributed by atoms with E-state index in [2.05, 4.69) is 68.4 Å². The number of rotatable bonds is 7. The third kappa shape index (κ3) is 3.28. The summed E-state index contributed by atoms with van der Waals surface area (Å²) in [7, 11) is 5.24. The van der Waals surface area contributed by atoms with Crippen LogP contribution in [0.25, 0.3) is 0 Å². The van der Waals surface area contributed by atoms with Gasteiger partial charge in [-0.1, -0.05) is 0 Å². The van der Waals surface area contributed by atoms with E-state index in [0.29, 0.717) is 4.75 Å². The van der Waals surface area contributed by atoms with Gasteiger partial charge in [0.1, 0.15) is 0 Å². The van der Waals surface area contributed by atoms with E-state index in [1.165, 1.54) is 13.2 Å². The third-order valence-electron chi connectivity index (χ3n) is 5.46. The summed E-state index contributed by atoms with van der Waals surface area (Å²) in [5.74, 6) is 2.77. The van der Waals surface area contributed by atoms with Crippen LogP contribution in [-0.2, 0) is 0 Å². The van der Waals surface area contributed by atoms with Crippen LogP contribution in [0, 0.1) is 0 Å². The number of hydrogen-bond acceptors (Lipinski definition) is 3. The van der Waals surface area contributed by atoms with E-state index < -0.39 is 13.3 Å². The average molecular weight is 437 g/mol. The predicted molar refractivity (Wildman–Crippen MR) is 119 cm³/mol. The Morgan fingerprint density at radius 1 is 0.536 bits per heavy atom. The van der Waals surface area contributed by atoms with Crippen LogP contribution >= 0.6 is 0 Å². The van der Waals surface area contributed by atoms with Gasteiger partial charge >= 0.3 is 171 Å². The van der Waals surface area contributed by atoms with E-state index in [1.807, 2.05) is 18.2 Å². The van der Waals surface area contributed by atoms with Gasteiger partial charge in [0.15, 0.2) is 0 Å². The van der Waals surface area contributed by atoms with Crippen LogP contribution in [0.4, 0.5) is 0 Å². The van der Waals surface area contributed by atoms with Crippen molar-refractivity contribution >= 4 is 26.5 Å². The normalized spacial score (nSPS) is 11.4. The molecule has 3 nitrogen and oxygen atoms in total. The van der Waals surface area contributed by atoms with E-state index in [4.69, 9.17) is 14.2 Å². The second kappa shape index (κ2) is 8.74. The van der Waals surface area contributed by atoms with Crippen molar-refractivity contribution in [2.45, 2.75) is 18.6 Å². The molecule has 0 radical (unpaired) electrons. The Morgan fingerprint density at radius 2 is 0.821 bits per heavy atom. The molecule has 0 bridgehead atoms. The quantitative estimate of drug-likeness (QED) is 0.529. The molecule has 0 atom stereocenters. The third-order valence-corrected chi connectivity index (χ3v) is 17.0. The second-order valence-corrected chi connectivity index (χ2v) is 16.3. The Bertz CT molecular complexity index is 821. The van der Waals surface area contributed by atoms with Crippen molar-refractivity contribution in [1.29, 1.82) is 0 Å². The fourth-order valence-corrected chi connectivity index (χ4v) is 15.9. The summed E-state index contributed by atoms with van der Waals surface area (Å²) in [4.78, 5) is 0. The van der Waals surface area contributed by atoms with Crippen LogP contribution in [0.2, 0.25) is 4.75 Å². The van der Waals surface area contributed by atoms with Crippen molar-refractivity contribution in [2.75, 3.05) is 21.3 Å². The van der Waals surface area contributed by atoms with Gasteiger partial charge in [-0.3, -0.25) is 0 Å². The van der Waals surface area contributed by atoms with Gasteiger partial charge in [0.25, 0.3) is 0 Å². The maximum atomic E-state index is 5.86. The molecule has 0 saturated heterocycles. The summed E-state index contributed by atoms with van der Waals surface area (Å²) in [6, 6.07) is 25.2. The molecular formula is C24H28GeO3. The van der Waals surface area contributed by atoms with Crippen molar-refractivity contribution in [3.63, 3.8) is 0 Å². The van der Waals surface area contributed by atoms with Crippen molar-refractivity contribution in [3.05, 3.63) is 72.8 Å². The first kappa shape index (κ1) is 20.3. The average Bonchev–Trinajstić information content (AvgIpc) is 2.75. The van der Waals surface area contributed by atoms with Crippen LogP contribution < -0.4 is 27.4 Å². The van der Waals surface area contributed by atoms with E-state index in [-0.39, 0.29) is 0 Å². The number of benzene rings is 3. The molecule has 0 aliphatic carbocycles. The second-order valence-electron chi connectivity index (χ2n) is 7.06. The topological polar surface area (TPSA) is 27.7 Å². The predicted octanol–water partition coefficient (Wildman–Crippen LogP) is 3.59. The van der Waals surface area contributed by atoms with E-state index in [1.54, 1.807) is 21.3 Å². The molecule has 0 saturated carbocycles. The summed E-state index contributed by atoms with van der Waals surface area (Å²) >= 11 is -3.29. The van der Waals surface area contributed by atoms with Gasteiger partial charge < -0.3 is 0 Å². The molecule has 0 fully saturated rings. The maximum absolute atomic E-state index is 5.86. The standard InChI is InChI=1S/C24H28GeO3/c1-18(2)25(19-12-6-9-15-22(19)26-3,20-13-7-10-16-23(20)27-4)21-14-8-11-17-24(21)28-5/h6-18H,1-5H3. The Morgan fingerprint density at radius 3 is 1.07 bits per heavy atom. The molecule has 0 amide bonds. The molecule has 146 valence electrons. The number of ether oxygens (including phenoxy) is 3. The fraction of sp³-hybridized carbons (Fsp3) is 0.250. The van der Waals surface area contributed by atoms with Gasteiger partial charge in [0.05, 0.1) is 0 Å². The summed E-state index contributed by atoms with van der Waals surface area (Å²) < 4.78 is 21.8. The summed E-state index contributed by atoms with van der Waals surface area (Å²) in [5, 5.41) is 0. The van der Waals surface area contributed by atoms with Gasteiger partial charge in [-0.05, 0) is 0 Å². The Labute approximate surface area is 170 Å². The first-order valence-corrected chi connectivity index (χ1v) is 13.9. The molecular weight excluding hydrogens is 409 g/mol. The first-order chi connectivity index (χ1) is 13.6. The van der Waals surface area contributed by atoms with Gasteiger partial charge in [-0.2, -0.15) is 0 Å². The van der Waals surface area contributed by atoms with E-state index in [0.717, 1.165) is 17.2 Å². The minimum absolute atomic E-state index is 0.379.